The van der Waals surface area contributed by atoms with Gasteiger partial charge in [-0.15, -0.1) is 0 Å². The summed E-state index contributed by atoms with van der Waals surface area (Å²) in [5.74, 6) is 0. The number of carbonyl (C=O) groups excluding carboxylic acids is 1. The Kier molecular flexibility index (Phi) is 5.44. The summed E-state index contributed by atoms with van der Waals surface area (Å²) in [7, 11) is 1.76. The molecule has 2 N–H and O–H groups in total. The van der Waals surface area contributed by atoms with Crippen molar-refractivity contribution >= 4 is 6.09 Å². The van der Waals surface area contributed by atoms with Crippen LogP contribution in [0, 0.1) is 5.41 Å². The van der Waals surface area contributed by atoms with Gasteiger partial charge in [0.05, 0.1) is 6.10 Å². The van der Waals surface area contributed by atoms with E-state index in [2.05, 4.69) is 31.4 Å². The first kappa shape index (κ1) is 17.2. The molecule has 0 aromatic carbocycles. The van der Waals surface area contributed by atoms with Gasteiger partial charge in [-0.25, -0.2) is 4.79 Å². The summed E-state index contributed by atoms with van der Waals surface area (Å²) in [5, 5.41) is 6.33. The second-order valence-electron chi connectivity index (χ2n) is 7.28. The molecule has 1 aliphatic rings. The van der Waals surface area contributed by atoms with Crippen LogP contribution in [0.5, 0.6) is 0 Å². The minimum Gasteiger partial charge on any atom is -0.444 e. The fourth-order valence-electron chi connectivity index (χ4n) is 2.52. The van der Waals surface area contributed by atoms with Crippen molar-refractivity contribution in [2.24, 2.45) is 5.41 Å². The van der Waals surface area contributed by atoms with Gasteiger partial charge < -0.3 is 20.1 Å². The molecule has 3 atom stereocenters. The maximum Gasteiger partial charge on any atom is 0.407 e. The van der Waals surface area contributed by atoms with Crippen LogP contribution in [0.2, 0.25) is 0 Å². The molecule has 0 aromatic rings. The normalized spacial score (nSPS) is 26.6. The number of carbonyl (C=O) groups is 1. The van der Waals surface area contributed by atoms with E-state index < -0.39 is 5.60 Å². The largest absolute Gasteiger partial charge is 0.444 e. The summed E-state index contributed by atoms with van der Waals surface area (Å²) in [6.07, 6.45) is 0.958. The Labute approximate surface area is 122 Å². The molecule has 5 heteroatoms. The highest BCUT2D eigenvalue weighted by molar-refractivity contribution is 5.67. The van der Waals surface area contributed by atoms with Crippen molar-refractivity contribution in [1.29, 1.82) is 0 Å². The number of methoxy groups -OCH3 is 1. The smallest absolute Gasteiger partial charge is 0.407 e. The molecular formula is C15H30N2O3. The molecule has 1 fully saturated rings. The number of nitrogens with one attached hydrogen (secondary N) is 2. The summed E-state index contributed by atoms with van der Waals surface area (Å²) in [5.41, 5.74) is -0.322. The van der Waals surface area contributed by atoms with Crippen molar-refractivity contribution < 1.29 is 14.3 Å². The maximum atomic E-state index is 11.6. The third-order valence-corrected chi connectivity index (χ3v) is 3.90. The van der Waals surface area contributed by atoms with E-state index in [9.17, 15) is 4.79 Å². The lowest BCUT2D eigenvalue weighted by atomic mass is 9.64. The van der Waals surface area contributed by atoms with Gasteiger partial charge in [0.1, 0.15) is 5.60 Å². The molecule has 1 aliphatic carbocycles. The quantitative estimate of drug-likeness (QED) is 0.814. The average Bonchev–Trinajstić information content (AvgIpc) is 2.29. The minimum absolute atomic E-state index is 0.134. The van der Waals surface area contributed by atoms with E-state index in [4.69, 9.17) is 9.47 Å². The molecule has 5 nitrogen and oxygen atoms in total. The van der Waals surface area contributed by atoms with E-state index in [1.165, 1.54) is 0 Å². The van der Waals surface area contributed by atoms with Gasteiger partial charge in [0.2, 0.25) is 0 Å². The van der Waals surface area contributed by atoms with Crippen LogP contribution < -0.4 is 10.6 Å². The van der Waals surface area contributed by atoms with Crippen molar-refractivity contribution in [1.82, 2.24) is 10.6 Å². The summed E-state index contributed by atoms with van der Waals surface area (Å²) < 4.78 is 10.6. The standard InChI is InChI=1S/C15H30N2O3/c1-10(9-16-13(18)20-14(2,3)4)17-11-8-12(19-7)15(11,5)6/h10-12,17H,8-9H2,1-7H3,(H,16,18). The molecule has 3 unspecified atom stereocenters. The third kappa shape index (κ3) is 4.63. The fraction of sp³-hybridized carbons (Fsp3) is 0.933. The molecule has 1 saturated carbocycles. The molecule has 0 bridgehead atoms. The molecule has 0 heterocycles. The number of hydrogen-bond donors (Lipinski definition) is 2. The summed E-state index contributed by atoms with van der Waals surface area (Å²) >= 11 is 0. The average molecular weight is 286 g/mol. The van der Waals surface area contributed by atoms with Gasteiger partial charge in [-0.05, 0) is 34.1 Å². The number of rotatable bonds is 5. The fourth-order valence-corrected chi connectivity index (χ4v) is 2.52. The molecule has 0 aromatic heterocycles. The lowest BCUT2D eigenvalue weighted by molar-refractivity contribution is -0.0996. The lowest BCUT2D eigenvalue weighted by Crippen LogP contribution is -2.63. The highest BCUT2D eigenvalue weighted by Crippen LogP contribution is 2.42. The highest BCUT2D eigenvalue weighted by Gasteiger charge is 2.48. The van der Waals surface area contributed by atoms with Crippen LogP contribution in [0.3, 0.4) is 0 Å². The van der Waals surface area contributed by atoms with Crippen molar-refractivity contribution in [3.63, 3.8) is 0 Å². The molecule has 0 aliphatic heterocycles. The van der Waals surface area contributed by atoms with E-state index in [1.807, 2.05) is 20.8 Å². The van der Waals surface area contributed by atoms with Gasteiger partial charge in [0, 0.05) is 31.2 Å². The van der Waals surface area contributed by atoms with Crippen molar-refractivity contribution in [3.8, 4) is 0 Å². The van der Waals surface area contributed by atoms with Crippen LogP contribution in [0.25, 0.3) is 0 Å². The maximum absolute atomic E-state index is 11.6. The monoisotopic (exact) mass is 286 g/mol. The van der Waals surface area contributed by atoms with Crippen molar-refractivity contribution in [3.05, 3.63) is 0 Å². The topological polar surface area (TPSA) is 59.6 Å². The molecule has 20 heavy (non-hydrogen) atoms. The SMILES string of the molecule is COC1CC(NC(C)CNC(=O)OC(C)(C)C)C1(C)C. The Morgan fingerprint density at radius 3 is 2.45 bits per heavy atom. The molecular weight excluding hydrogens is 256 g/mol. The number of alkyl carbamates (subject to hydrolysis) is 1. The van der Waals surface area contributed by atoms with Crippen LogP contribution in [0.15, 0.2) is 0 Å². The van der Waals surface area contributed by atoms with Gasteiger partial charge in [-0.1, -0.05) is 13.8 Å². The second-order valence-corrected chi connectivity index (χ2v) is 7.28. The predicted octanol–water partition coefficient (Wildman–Crippen LogP) is 2.30. The Bertz CT molecular complexity index is 337. The Balaban J connectivity index is 2.28. The molecule has 0 radical (unpaired) electrons. The first-order valence-corrected chi connectivity index (χ1v) is 7.32. The first-order valence-electron chi connectivity index (χ1n) is 7.32. The van der Waals surface area contributed by atoms with E-state index in [0.717, 1.165) is 6.42 Å². The van der Waals surface area contributed by atoms with Gasteiger partial charge in [0.15, 0.2) is 0 Å². The van der Waals surface area contributed by atoms with E-state index in [-0.39, 0.29) is 17.6 Å². The molecule has 0 saturated heterocycles. The van der Waals surface area contributed by atoms with E-state index >= 15 is 0 Å². The summed E-state index contributed by atoms with van der Waals surface area (Å²) in [6, 6.07) is 0.618. The van der Waals surface area contributed by atoms with Crippen LogP contribution in [0.4, 0.5) is 4.79 Å². The zero-order valence-electron chi connectivity index (χ0n) is 13.9. The van der Waals surface area contributed by atoms with Crippen LogP contribution in [-0.4, -0.2) is 43.5 Å². The molecule has 118 valence electrons. The first-order chi connectivity index (χ1) is 9.06. The highest BCUT2D eigenvalue weighted by atomic mass is 16.6. The Morgan fingerprint density at radius 1 is 1.40 bits per heavy atom. The van der Waals surface area contributed by atoms with Crippen molar-refractivity contribution in [2.75, 3.05) is 13.7 Å². The zero-order valence-corrected chi connectivity index (χ0v) is 13.9. The van der Waals surface area contributed by atoms with Gasteiger partial charge in [-0.3, -0.25) is 0 Å². The Morgan fingerprint density at radius 2 is 2.00 bits per heavy atom. The second kappa shape index (κ2) is 6.31. The van der Waals surface area contributed by atoms with Crippen LogP contribution >= 0.6 is 0 Å². The van der Waals surface area contributed by atoms with E-state index in [1.54, 1.807) is 7.11 Å². The zero-order chi connectivity index (χ0) is 15.6. The van der Waals surface area contributed by atoms with Crippen molar-refractivity contribution in [2.45, 2.75) is 71.8 Å². The number of amides is 1. The van der Waals surface area contributed by atoms with Crippen LogP contribution in [0.1, 0.15) is 48.0 Å². The van der Waals surface area contributed by atoms with Gasteiger partial charge in [-0.2, -0.15) is 0 Å². The predicted molar refractivity (Wildman–Crippen MR) is 79.8 cm³/mol. The van der Waals surface area contributed by atoms with Gasteiger partial charge >= 0.3 is 6.09 Å². The summed E-state index contributed by atoms with van der Waals surface area (Å²) in [4.78, 5) is 11.6. The number of ether oxygens (including phenoxy) is 2. The Hall–Kier alpha value is -0.810. The summed E-state index contributed by atoms with van der Waals surface area (Å²) in [6.45, 7) is 12.6. The van der Waals surface area contributed by atoms with E-state index in [0.29, 0.717) is 18.7 Å². The molecule has 0 spiro atoms. The lowest BCUT2D eigenvalue weighted by Gasteiger charge is -2.52. The van der Waals surface area contributed by atoms with Gasteiger partial charge in [0.25, 0.3) is 0 Å². The number of hydrogen-bond acceptors (Lipinski definition) is 4. The molecule has 1 rings (SSSR count). The third-order valence-electron chi connectivity index (χ3n) is 3.90. The minimum atomic E-state index is -0.456. The van der Waals surface area contributed by atoms with Crippen LogP contribution in [-0.2, 0) is 9.47 Å². The molecule has 1 amide bonds.